The lowest BCUT2D eigenvalue weighted by atomic mass is 9.92. The molecule has 2 aliphatic rings. The van der Waals surface area contributed by atoms with Crippen LogP contribution in [0.2, 0.25) is 0 Å². The summed E-state index contributed by atoms with van der Waals surface area (Å²) in [6.45, 7) is 1.94. The highest BCUT2D eigenvalue weighted by molar-refractivity contribution is 5.80. The van der Waals surface area contributed by atoms with E-state index >= 15 is 0 Å². The van der Waals surface area contributed by atoms with Gasteiger partial charge in [-0.25, -0.2) is 4.79 Å². The van der Waals surface area contributed by atoms with E-state index in [1.165, 1.54) is 19.2 Å². The molecule has 2 heterocycles. The number of piperidine rings is 1. The number of rotatable bonds is 3. The summed E-state index contributed by atoms with van der Waals surface area (Å²) >= 11 is 0. The van der Waals surface area contributed by atoms with E-state index in [0.29, 0.717) is 12.0 Å². The highest BCUT2D eigenvalue weighted by Crippen LogP contribution is 2.36. The van der Waals surface area contributed by atoms with Crippen LogP contribution in [-0.2, 0) is 31.7 Å². The summed E-state index contributed by atoms with van der Waals surface area (Å²) in [6.07, 6.45) is -3.42. The molecule has 2 aliphatic heterocycles. The number of esters is 1. The molecule has 0 aromatic heterocycles. The standard InChI is InChI=1S/C19H22F3NO4/c1-11-3-8-15-14(10-16(27-15)18(25)26-2)23(11)17(24)9-12-4-6-13(7-5-12)19(20,21)22/h4-7,11,14-16H,3,8-10H2,1-2H3/t11-,14-,15+,16+/m1/s1. The molecule has 1 aromatic carbocycles. The number of hydrogen-bond donors (Lipinski definition) is 0. The number of alkyl halides is 3. The number of carbonyl (C=O) groups is 2. The summed E-state index contributed by atoms with van der Waals surface area (Å²) in [7, 11) is 1.30. The number of likely N-dealkylation sites (tertiary alicyclic amines) is 1. The quantitative estimate of drug-likeness (QED) is 0.751. The molecular weight excluding hydrogens is 363 g/mol. The van der Waals surface area contributed by atoms with Gasteiger partial charge in [0.2, 0.25) is 5.91 Å². The Morgan fingerprint density at radius 2 is 1.89 bits per heavy atom. The predicted molar refractivity (Wildman–Crippen MR) is 89.8 cm³/mol. The molecule has 0 unspecified atom stereocenters. The zero-order valence-electron chi connectivity index (χ0n) is 15.2. The van der Waals surface area contributed by atoms with E-state index in [1.807, 2.05) is 6.92 Å². The Bertz CT molecular complexity index is 704. The van der Waals surface area contributed by atoms with Crippen LogP contribution in [0.25, 0.3) is 0 Å². The van der Waals surface area contributed by atoms with Crippen molar-refractivity contribution in [1.82, 2.24) is 4.90 Å². The predicted octanol–water partition coefficient (Wildman–Crippen LogP) is 2.96. The third-order valence-corrected chi connectivity index (χ3v) is 5.31. The molecule has 0 saturated carbocycles. The maximum atomic E-state index is 12.9. The fourth-order valence-corrected chi connectivity index (χ4v) is 3.94. The third-order valence-electron chi connectivity index (χ3n) is 5.31. The van der Waals surface area contributed by atoms with Crippen molar-refractivity contribution in [3.8, 4) is 0 Å². The van der Waals surface area contributed by atoms with Crippen LogP contribution in [0.4, 0.5) is 13.2 Å². The van der Waals surface area contributed by atoms with E-state index in [9.17, 15) is 22.8 Å². The normalized spacial score (nSPS) is 28.0. The minimum atomic E-state index is -4.40. The minimum absolute atomic E-state index is 0.00852. The molecule has 1 aromatic rings. The van der Waals surface area contributed by atoms with Gasteiger partial charge >= 0.3 is 12.1 Å². The second-order valence-corrected chi connectivity index (χ2v) is 7.09. The number of methoxy groups -OCH3 is 1. The van der Waals surface area contributed by atoms with Crippen LogP contribution in [0.3, 0.4) is 0 Å². The number of halogens is 3. The highest BCUT2D eigenvalue weighted by atomic mass is 19.4. The molecule has 1 amide bonds. The van der Waals surface area contributed by atoms with Gasteiger partial charge in [-0.1, -0.05) is 12.1 Å². The number of carbonyl (C=O) groups excluding carboxylic acids is 2. The summed E-state index contributed by atoms with van der Waals surface area (Å²) in [4.78, 5) is 26.4. The lowest BCUT2D eigenvalue weighted by molar-refractivity contribution is -0.154. The SMILES string of the molecule is COC(=O)[C@@H]1C[C@@H]2[C@H](CC[C@@H](C)N2C(=O)Cc2ccc(C(F)(F)F)cc2)O1. The number of benzene rings is 1. The summed E-state index contributed by atoms with van der Waals surface area (Å²) in [5.74, 6) is -0.627. The van der Waals surface area contributed by atoms with E-state index in [1.54, 1.807) is 4.90 Å². The lowest BCUT2D eigenvalue weighted by Gasteiger charge is -2.41. The Kier molecular flexibility index (Phi) is 5.46. The van der Waals surface area contributed by atoms with Crippen LogP contribution in [0.5, 0.6) is 0 Å². The Labute approximate surface area is 155 Å². The molecule has 5 nitrogen and oxygen atoms in total. The van der Waals surface area contributed by atoms with Crippen molar-refractivity contribution in [2.24, 2.45) is 0 Å². The van der Waals surface area contributed by atoms with Crippen molar-refractivity contribution in [3.05, 3.63) is 35.4 Å². The molecule has 0 spiro atoms. The van der Waals surface area contributed by atoms with Gasteiger partial charge in [0.1, 0.15) is 0 Å². The summed E-state index contributed by atoms with van der Waals surface area (Å²) in [5.41, 5.74) is -0.221. The second-order valence-electron chi connectivity index (χ2n) is 7.09. The molecule has 0 aliphatic carbocycles. The average molecular weight is 385 g/mol. The van der Waals surface area contributed by atoms with Crippen molar-refractivity contribution < 1.29 is 32.2 Å². The van der Waals surface area contributed by atoms with Gasteiger partial charge in [-0.15, -0.1) is 0 Å². The lowest BCUT2D eigenvalue weighted by Crippen LogP contribution is -2.53. The van der Waals surface area contributed by atoms with Crippen LogP contribution in [0.1, 0.15) is 37.3 Å². The molecule has 27 heavy (non-hydrogen) atoms. The van der Waals surface area contributed by atoms with Gasteiger partial charge in [0.25, 0.3) is 0 Å². The zero-order valence-corrected chi connectivity index (χ0v) is 15.2. The first kappa shape index (κ1) is 19.7. The van der Waals surface area contributed by atoms with E-state index in [0.717, 1.165) is 25.0 Å². The fraction of sp³-hybridized carbons (Fsp3) is 0.579. The van der Waals surface area contributed by atoms with Crippen molar-refractivity contribution in [2.75, 3.05) is 7.11 Å². The maximum Gasteiger partial charge on any atom is 0.416 e. The summed E-state index contributed by atoms with van der Waals surface area (Å²) < 4.78 is 48.5. The Morgan fingerprint density at radius 1 is 1.22 bits per heavy atom. The van der Waals surface area contributed by atoms with Gasteiger partial charge in [0.05, 0.1) is 31.2 Å². The summed E-state index contributed by atoms with van der Waals surface area (Å²) in [5, 5.41) is 0. The Hall–Kier alpha value is -2.09. The van der Waals surface area contributed by atoms with Crippen LogP contribution < -0.4 is 0 Å². The molecule has 2 fully saturated rings. The van der Waals surface area contributed by atoms with Gasteiger partial charge < -0.3 is 14.4 Å². The molecule has 8 heteroatoms. The number of hydrogen-bond acceptors (Lipinski definition) is 4. The van der Waals surface area contributed by atoms with Crippen LogP contribution in [-0.4, -0.2) is 48.2 Å². The van der Waals surface area contributed by atoms with E-state index in [-0.39, 0.29) is 30.5 Å². The molecular formula is C19H22F3NO4. The van der Waals surface area contributed by atoms with Crippen molar-refractivity contribution in [3.63, 3.8) is 0 Å². The van der Waals surface area contributed by atoms with E-state index in [4.69, 9.17) is 9.47 Å². The molecule has 0 N–H and O–H groups in total. The van der Waals surface area contributed by atoms with Gasteiger partial charge in [-0.3, -0.25) is 4.79 Å². The van der Waals surface area contributed by atoms with Crippen molar-refractivity contribution in [1.29, 1.82) is 0 Å². The van der Waals surface area contributed by atoms with Crippen LogP contribution in [0.15, 0.2) is 24.3 Å². The Morgan fingerprint density at radius 3 is 2.48 bits per heavy atom. The smallest absolute Gasteiger partial charge is 0.416 e. The molecule has 2 saturated heterocycles. The van der Waals surface area contributed by atoms with E-state index in [2.05, 4.69) is 0 Å². The number of ether oxygens (including phenoxy) is 2. The van der Waals surface area contributed by atoms with Crippen molar-refractivity contribution >= 4 is 11.9 Å². The van der Waals surface area contributed by atoms with E-state index < -0.39 is 23.8 Å². The highest BCUT2D eigenvalue weighted by Gasteiger charge is 2.47. The van der Waals surface area contributed by atoms with Crippen LogP contribution in [0, 0.1) is 0 Å². The first-order valence-corrected chi connectivity index (χ1v) is 8.91. The van der Waals surface area contributed by atoms with Crippen LogP contribution >= 0.6 is 0 Å². The number of fused-ring (bicyclic) bond motifs is 1. The molecule has 4 atom stereocenters. The second kappa shape index (κ2) is 7.50. The first-order valence-electron chi connectivity index (χ1n) is 8.91. The molecule has 148 valence electrons. The van der Waals surface area contributed by atoms with Gasteiger partial charge in [-0.2, -0.15) is 13.2 Å². The number of amides is 1. The third kappa shape index (κ3) is 4.10. The maximum absolute atomic E-state index is 12.9. The monoisotopic (exact) mass is 385 g/mol. The Balaban J connectivity index is 1.72. The topological polar surface area (TPSA) is 55.8 Å². The summed E-state index contributed by atoms with van der Waals surface area (Å²) in [6, 6.07) is 4.38. The molecule has 0 bridgehead atoms. The molecule has 0 radical (unpaired) electrons. The average Bonchev–Trinajstić information content (AvgIpc) is 3.04. The van der Waals surface area contributed by atoms with Crippen molar-refractivity contribution in [2.45, 2.75) is 63.1 Å². The number of nitrogens with zero attached hydrogens (tertiary/aromatic N) is 1. The largest absolute Gasteiger partial charge is 0.467 e. The van der Waals surface area contributed by atoms with Gasteiger partial charge in [-0.05, 0) is 37.5 Å². The zero-order chi connectivity index (χ0) is 19.8. The van der Waals surface area contributed by atoms with Gasteiger partial charge in [0.15, 0.2) is 6.10 Å². The fourth-order valence-electron chi connectivity index (χ4n) is 3.94. The van der Waals surface area contributed by atoms with Gasteiger partial charge in [0, 0.05) is 12.5 Å². The minimum Gasteiger partial charge on any atom is -0.467 e. The molecule has 3 rings (SSSR count). The first-order chi connectivity index (χ1) is 12.7.